The van der Waals surface area contributed by atoms with Crippen LogP contribution in [0.1, 0.15) is 37.5 Å². The number of nitrogens with zero attached hydrogens (tertiary/aromatic N) is 2. The predicted molar refractivity (Wildman–Crippen MR) is 153 cm³/mol. The molecule has 198 valence electrons. The van der Waals surface area contributed by atoms with Gasteiger partial charge in [0.15, 0.2) is 0 Å². The number of barbiturate groups is 1. The SMILES string of the molecule is Cc1cccc(N2C(=O)NC(=O)/C(=C/c3cn(CCOc4ccc(C(C)(C)C)cc4)c4ccccc34)C2=O)c1. The van der Waals surface area contributed by atoms with Gasteiger partial charge in [0.05, 0.1) is 12.2 Å². The predicted octanol–water partition coefficient (Wildman–Crippen LogP) is 5.99. The van der Waals surface area contributed by atoms with Crippen LogP contribution >= 0.6 is 0 Å². The van der Waals surface area contributed by atoms with E-state index in [4.69, 9.17) is 4.74 Å². The molecule has 0 saturated carbocycles. The molecule has 1 saturated heterocycles. The van der Waals surface area contributed by atoms with Gasteiger partial charge in [-0.15, -0.1) is 0 Å². The molecule has 4 amide bonds. The lowest BCUT2D eigenvalue weighted by Crippen LogP contribution is -2.54. The topological polar surface area (TPSA) is 80.6 Å². The van der Waals surface area contributed by atoms with Gasteiger partial charge in [0.1, 0.15) is 17.9 Å². The van der Waals surface area contributed by atoms with Crippen LogP contribution in [0.2, 0.25) is 0 Å². The molecule has 2 heterocycles. The Morgan fingerprint density at radius 1 is 0.923 bits per heavy atom. The van der Waals surface area contributed by atoms with Crippen molar-refractivity contribution in [2.24, 2.45) is 0 Å². The minimum absolute atomic E-state index is 0.0779. The molecular weight excluding hydrogens is 490 g/mol. The van der Waals surface area contributed by atoms with Crippen molar-refractivity contribution < 1.29 is 19.1 Å². The van der Waals surface area contributed by atoms with E-state index >= 15 is 0 Å². The van der Waals surface area contributed by atoms with Crippen LogP contribution in [0.15, 0.2) is 84.6 Å². The number of urea groups is 1. The number of carbonyl (C=O) groups excluding carboxylic acids is 3. The number of fused-ring (bicyclic) bond motifs is 1. The number of nitrogens with one attached hydrogen (secondary N) is 1. The number of imide groups is 2. The molecule has 0 atom stereocenters. The molecule has 1 aliphatic rings. The van der Waals surface area contributed by atoms with Gasteiger partial charge in [-0.1, -0.05) is 63.2 Å². The minimum Gasteiger partial charge on any atom is -0.492 e. The molecule has 1 fully saturated rings. The van der Waals surface area contributed by atoms with Crippen molar-refractivity contribution in [2.75, 3.05) is 11.5 Å². The lowest BCUT2D eigenvalue weighted by Gasteiger charge is -2.26. The molecule has 0 bridgehead atoms. The molecule has 0 aliphatic carbocycles. The maximum atomic E-state index is 13.4. The first-order valence-electron chi connectivity index (χ1n) is 12.9. The minimum atomic E-state index is -0.761. The van der Waals surface area contributed by atoms with Gasteiger partial charge in [0, 0.05) is 22.7 Å². The number of aromatic nitrogens is 1. The summed E-state index contributed by atoms with van der Waals surface area (Å²) in [5.41, 5.74) is 4.18. The lowest BCUT2D eigenvalue weighted by molar-refractivity contribution is -0.122. The van der Waals surface area contributed by atoms with Crippen LogP contribution < -0.4 is 15.0 Å². The molecule has 7 nitrogen and oxygen atoms in total. The summed E-state index contributed by atoms with van der Waals surface area (Å²) in [7, 11) is 0. The highest BCUT2D eigenvalue weighted by Crippen LogP contribution is 2.28. The number of hydrogen-bond donors (Lipinski definition) is 1. The number of aryl methyl sites for hydroxylation is 1. The molecule has 0 unspecified atom stereocenters. The standard InChI is InChI=1S/C32H31N3O4/c1-21-8-7-9-24(18-21)35-30(37)27(29(36)33-31(35)38)19-22-20-34(28-11-6-5-10-26(22)28)16-17-39-25-14-12-23(13-15-25)32(2,3)4/h5-15,18-20H,16-17H2,1-4H3,(H,33,36,38)/b27-19-. The van der Waals surface area contributed by atoms with Crippen LogP contribution in [0.25, 0.3) is 17.0 Å². The van der Waals surface area contributed by atoms with Crippen molar-refractivity contribution in [1.29, 1.82) is 0 Å². The fraction of sp³-hybridized carbons (Fsp3) is 0.219. The van der Waals surface area contributed by atoms with Crippen molar-refractivity contribution in [3.63, 3.8) is 0 Å². The van der Waals surface area contributed by atoms with E-state index in [9.17, 15) is 14.4 Å². The molecular formula is C32H31N3O4. The highest BCUT2D eigenvalue weighted by Gasteiger charge is 2.37. The summed E-state index contributed by atoms with van der Waals surface area (Å²) in [6, 6.07) is 22.2. The molecule has 5 rings (SSSR count). The largest absolute Gasteiger partial charge is 0.492 e. The van der Waals surface area contributed by atoms with Crippen molar-refractivity contribution in [3.05, 3.63) is 101 Å². The van der Waals surface area contributed by atoms with E-state index in [0.29, 0.717) is 24.4 Å². The van der Waals surface area contributed by atoms with Crippen molar-refractivity contribution in [3.8, 4) is 5.75 Å². The van der Waals surface area contributed by atoms with Crippen LogP contribution in [0.3, 0.4) is 0 Å². The third-order valence-corrected chi connectivity index (χ3v) is 6.80. The maximum Gasteiger partial charge on any atom is 0.335 e. The van der Waals surface area contributed by atoms with Gasteiger partial charge in [0.2, 0.25) is 0 Å². The molecule has 7 heteroatoms. The summed E-state index contributed by atoms with van der Waals surface area (Å²) in [6.45, 7) is 9.41. The van der Waals surface area contributed by atoms with E-state index < -0.39 is 17.8 Å². The van der Waals surface area contributed by atoms with Crippen molar-refractivity contribution >= 4 is 40.5 Å². The molecule has 4 aromatic rings. The summed E-state index contributed by atoms with van der Waals surface area (Å²) in [6.07, 6.45) is 3.45. The second kappa shape index (κ2) is 10.3. The Balaban J connectivity index is 1.40. The monoisotopic (exact) mass is 521 g/mol. The van der Waals surface area contributed by atoms with E-state index in [0.717, 1.165) is 27.1 Å². The maximum absolute atomic E-state index is 13.4. The lowest BCUT2D eigenvalue weighted by atomic mass is 9.87. The number of anilines is 1. The van der Waals surface area contributed by atoms with Gasteiger partial charge in [0.25, 0.3) is 11.8 Å². The van der Waals surface area contributed by atoms with E-state index in [1.807, 2.05) is 60.2 Å². The second-order valence-corrected chi connectivity index (χ2v) is 10.7. The molecule has 3 aromatic carbocycles. The first-order valence-corrected chi connectivity index (χ1v) is 12.9. The molecule has 0 radical (unpaired) electrons. The summed E-state index contributed by atoms with van der Waals surface area (Å²) < 4.78 is 8.05. The van der Waals surface area contributed by atoms with Crippen LogP contribution in [0.4, 0.5) is 10.5 Å². The molecule has 0 spiro atoms. The number of amides is 4. The third kappa shape index (κ3) is 5.34. The van der Waals surface area contributed by atoms with Gasteiger partial charge >= 0.3 is 6.03 Å². The quantitative estimate of drug-likeness (QED) is 0.250. The zero-order valence-electron chi connectivity index (χ0n) is 22.5. The highest BCUT2D eigenvalue weighted by molar-refractivity contribution is 6.39. The average Bonchev–Trinajstić information content (AvgIpc) is 3.24. The number of carbonyl (C=O) groups is 3. The Morgan fingerprint density at radius 3 is 2.38 bits per heavy atom. The summed E-state index contributed by atoms with van der Waals surface area (Å²) >= 11 is 0. The molecule has 1 aromatic heterocycles. The van der Waals surface area contributed by atoms with Crippen LogP contribution in [-0.2, 0) is 21.5 Å². The van der Waals surface area contributed by atoms with Gasteiger partial charge in [-0.05, 0) is 59.9 Å². The van der Waals surface area contributed by atoms with Gasteiger partial charge < -0.3 is 9.30 Å². The molecule has 1 N–H and O–H groups in total. The van der Waals surface area contributed by atoms with Gasteiger partial charge in [-0.3, -0.25) is 14.9 Å². The van der Waals surface area contributed by atoms with Gasteiger partial charge in [-0.2, -0.15) is 0 Å². The average molecular weight is 522 g/mol. The Hall–Kier alpha value is -4.65. The fourth-order valence-electron chi connectivity index (χ4n) is 4.70. The molecule has 39 heavy (non-hydrogen) atoms. The first kappa shape index (κ1) is 26.0. The van der Waals surface area contributed by atoms with Crippen LogP contribution in [0, 0.1) is 6.92 Å². The molecule has 1 aliphatic heterocycles. The number of para-hydroxylation sites is 1. The Morgan fingerprint density at radius 2 is 1.67 bits per heavy atom. The number of ether oxygens (including phenoxy) is 1. The second-order valence-electron chi connectivity index (χ2n) is 10.7. The first-order chi connectivity index (χ1) is 18.6. The Kier molecular flexibility index (Phi) is 6.83. The summed E-state index contributed by atoms with van der Waals surface area (Å²) in [4.78, 5) is 39.7. The fourth-order valence-corrected chi connectivity index (χ4v) is 4.70. The summed E-state index contributed by atoms with van der Waals surface area (Å²) in [5.74, 6) is -0.576. The Bertz CT molecular complexity index is 1610. The zero-order valence-corrected chi connectivity index (χ0v) is 22.5. The number of rotatable bonds is 6. The zero-order chi connectivity index (χ0) is 27.7. The summed E-state index contributed by atoms with van der Waals surface area (Å²) in [5, 5.41) is 3.19. The number of benzene rings is 3. The van der Waals surface area contributed by atoms with E-state index in [-0.39, 0.29) is 11.0 Å². The smallest absolute Gasteiger partial charge is 0.335 e. The van der Waals surface area contributed by atoms with Crippen LogP contribution in [0.5, 0.6) is 5.75 Å². The number of hydrogen-bond acceptors (Lipinski definition) is 4. The third-order valence-electron chi connectivity index (χ3n) is 6.80. The highest BCUT2D eigenvalue weighted by atomic mass is 16.5. The van der Waals surface area contributed by atoms with E-state index in [1.165, 1.54) is 5.56 Å². The Labute approximate surface area is 227 Å². The van der Waals surface area contributed by atoms with Crippen molar-refractivity contribution in [2.45, 2.75) is 39.7 Å². The van der Waals surface area contributed by atoms with Gasteiger partial charge in [-0.25, -0.2) is 9.69 Å². The van der Waals surface area contributed by atoms with E-state index in [2.05, 4.69) is 38.2 Å². The van der Waals surface area contributed by atoms with Crippen LogP contribution in [-0.4, -0.2) is 29.0 Å². The normalized spacial score (nSPS) is 15.2. The van der Waals surface area contributed by atoms with E-state index in [1.54, 1.807) is 24.3 Å². The van der Waals surface area contributed by atoms with Crippen molar-refractivity contribution in [1.82, 2.24) is 9.88 Å².